The molecule has 0 aliphatic carbocycles. The first-order valence-corrected chi connectivity index (χ1v) is 6.34. The summed E-state index contributed by atoms with van der Waals surface area (Å²) in [5, 5.41) is 9.96. The molecule has 0 saturated carbocycles. The molecule has 1 aromatic carbocycles. The molecule has 18 heavy (non-hydrogen) atoms. The Morgan fingerprint density at radius 1 is 1.28 bits per heavy atom. The molecule has 2 aromatic rings. The van der Waals surface area contributed by atoms with Crippen molar-refractivity contribution in [3.05, 3.63) is 44.5 Å². The highest BCUT2D eigenvalue weighted by Crippen LogP contribution is 2.20. The fourth-order valence-corrected chi connectivity index (χ4v) is 1.94. The Morgan fingerprint density at radius 3 is 2.83 bits per heavy atom. The van der Waals surface area contributed by atoms with E-state index in [1.54, 1.807) is 12.1 Å². The third-order valence-corrected chi connectivity index (χ3v) is 2.98. The Kier molecular flexibility index (Phi) is 4.31. The number of halogens is 4. The number of aromatic nitrogens is 3. The zero-order valence-corrected chi connectivity index (χ0v) is 11.9. The lowest BCUT2D eigenvalue weighted by Gasteiger charge is -2.07. The van der Waals surface area contributed by atoms with E-state index >= 15 is 0 Å². The van der Waals surface area contributed by atoms with Gasteiger partial charge >= 0.3 is 0 Å². The maximum absolute atomic E-state index is 13.5. The zero-order valence-electron chi connectivity index (χ0n) is 8.79. The van der Waals surface area contributed by atoms with Crippen molar-refractivity contribution >= 4 is 44.9 Å². The molecule has 0 radical (unpaired) electrons. The first-order chi connectivity index (χ1) is 8.56. The normalized spacial score (nSPS) is 10.4. The molecule has 0 atom stereocenters. The lowest BCUT2D eigenvalue weighted by molar-refractivity contribution is 0.612. The van der Waals surface area contributed by atoms with Crippen molar-refractivity contribution < 1.29 is 4.39 Å². The molecule has 1 heterocycles. The van der Waals surface area contributed by atoms with Crippen molar-refractivity contribution in [2.45, 2.75) is 6.54 Å². The zero-order chi connectivity index (χ0) is 13.1. The minimum absolute atomic E-state index is 0.0309. The van der Waals surface area contributed by atoms with Crippen molar-refractivity contribution in [3.8, 4) is 0 Å². The van der Waals surface area contributed by atoms with Gasteiger partial charge in [-0.15, -0.1) is 10.2 Å². The lowest BCUT2D eigenvalue weighted by atomic mass is 10.2. The van der Waals surface area contributed by atoms with Crippen LogP contribution in [0.5, 0.6) is 0 Å². The van der Waals surface area contributed by atoms with Gasteiger partial charge in [0.05, 0.1) is 0 Å². The third-order valence-electron chi connectivity index (χ3n) is 2.07. The molecular formula is C10H6BrCl2FN4. The second-order valence-corrected chi connectivity index (χ2v) is 4.92. The molecule has 4 nitrogen and oxygen atoms in total. The molecule has 8 heteroatoms. The average molecular weight is 352 g/mol. The fraction of sp³-hybridized carbons (Fsp3) is 0.100. The van der Waals surface area contributed by atoms with Crippen molar-refractivity contribution in [2.75, 3.05) is 5.32 Å². The summed E-state index contributed by atoms with van der Waals surface area (Å²) in [6, 6.07) is 4.65. The van der Waals surface area contributed by atoms with Crippen LogP contribution in [-0.4, -0.2) is 15.2 Å². The highest BCUT2D eigenvalue weighted by Gasteiger charge is 2.08. The molecule has 2 rings (SSSR count). The molecule has 0 bridgehead atoms. The quantitative estimate of drug-likeness (QED) is 0.916. The summed E-state index contributed by atoms with van der Waals surface area (Å²) in [7, 11) is 0. The number of anilines is 1. The second kappa shape index (κ2) is 5.77. The number of benzene rings is 1. The predicted molar refractivity (Wildman–Crippen MR) is 71.3 cm³/mol. The van der Waals surface area contributed by atoms with Crippen molar-refractivity contribution in [3.63, 3.8) is 0 Å². The van der Waals surface area contributed by atoms with E-state index in [2.05, 4.69) is 36.4 Å². The molecule has 0 unspecified atom stereocenters. The summed E-state index contributed by atoms with van der Waals surface area (Å²) in [6.45, 7) is 0.208. The number of hydrogen-bond acceptors (Lipinski definition) is 4. The topological polar surface area (TPSA) is 50.7 Å². The van der Waals surface area contributed by atoms with E-state index in [1.807, 2.05) is 0 Å². The van der Waals surface area contributed by atoms with Crippen LogP contribution in [-0.2, 0) is 6.54 Å². The number of hydrogen-bond donors (Lipinski definition) is 1. The summed E-state index contributed by atoms with van der Waals surface area (Å²) in [4.78, 5) is 3.85. The molecule has 0 fully saturated rings. The van der Waals surface area contributed by atoms with Crippen LogP contribution >= 0.6 is 39.1 Å². The highest BCUT2D eigenvalue weighted by atomic mass is 79.9. The minimum Gasteiger partial charge on any atom is -0.363 e. The van der Waals surface area contributed by atoms with Crippen molar-refractivity contribution in [2.24, 2.45) is 0 Å². The van der Waals surface area contributed by atoms with Crippen LogP contribution < -0.4 is 5.32 Å². The highest BCUT2D eigenvalue weighted by molar-refractivity contribution is 9.10. The molecule has 0 amide bonds. The van der Waals surface area contributed by atoms with E-state index in [1.165, 1.54) is 6.07 Å². The van der Waals surface area contributed by atoms with Gasteiger partial charge in [-0.1, -0.05) is 27.5 Å². The molecule has 0 spiro atoms. The molecular weight excluding hydrogens is 346 g/mol. The Hall–Kier alpha value is -0.980. The minimum atomic E-state index is -0.324. The molecule has 94 valence electrons. The molecule has 1 aromatic heterocycles. The maximum atomic E-state index is 13.5. The van der Waals surface area contributed by atoms with Crippen LogP contribution in [0.1, 0.15) is 5.56 Å². The van der Waals surface area contributed by atoms with Crippen molar-refractivity contribution in [1.29, 1.82) is 0 Å². The molecule has 0 saturated heterocycles. The van der Waals surface area contributed by atoms with Gasteiger partial charge in [0.25, 0.3) is 0 Å². The van der Waals surface area contributed by atoms with Crippen LogP contribution in [0.3, 0.4) is 0 Å². The van der Waals surface area contributed by atoms with Crippen molar-refractivity contribution in [1.82, 2.24) is 15.2 Å². The van der Waals surface area contributed by atoms with E-state index < -0.39 is 0 Å². The van der Waals surface area contributed by atoms with Gasteiger partial charge in [0, 0.05) is 16.6 Å². The predicted octanol–water partition coefficient (Wildman–Crippen LogP) is 3.69. The van der Waals surface area contributed by atoms with Gasteiger partial charge in [-0.05, 0) is 29.8 Å². The van der Waals surface area contributed by atoms with Crippen LogP contribution in [0.25, 0.3) is 0 Å². The second-order valence-electron chi connectivity index (χ2n) is 3.31. The maximum Gasteiger partial charge on any atom is 0.245 e. The smallest absolute Gasteiger partial charge is 0.245 e. The Bertz CT molecular complexity index is 530. The van der Waals surface area contributed by atoms with E-state index in [0.29, 0.717) is 5.56 Å². The number of nitrogens with zero attached hydrogens (tertiary/aromatic N) is 3. The SMILES string of the molecule is Fc1ccc(Br)cc1CNc1nc(Cl)nnc1Cl. The van der Waals surface area contributed by atoms with E-state index in [4.69, 9.17) is 23.2 Å². The number of nitrogens with one attached hydrogen (secondary N) is 1. The summed E-state index contributed by atoms with van der Waals surface area (Å²) in [6.07, 6.45) is 0. The van der Waals surface area contributed by atoms with Gasteiger partial charge in [0.15, 0.2) is 11.0 Å². The van der Waals surface area contributed by atoms with Gasteiger partial charge in [-0.25, -0.2) is 4.39 Å². The van der Waals surface area contributed by atoms with Gasteiger partial charge in [-0.3, -0.25) is 0 Å². The summed E-state index contributed by atoms with van der Waals surface area (Å²) in [5.41, 5.74) is 0.468. The first kappa shape index (κ1) is 13.5. The van der Waals surface area contributed by atoms with E-state index in [-0.39, 0.29) is 28.6 Å². The van der Waals surface area contributed by atoms with E-state index in [0.717, 1.165) is 4.47 Å². The van der Waals surface area contributed by atoms with Gasteiger partial charge < -0.3 is 5.32 Å². The van der Waals surface area contributed by atoms with Crippen LogP contribution in [0.2, 0.25) is 10.4 Å². The lowest BCUT2D eigenvalue weighted by Crippen LogP contribution is -2.05. The van der Waals surface area contributed by atoms with Gasteiger partial charge in [0.1, 0.15) is 5.82 Å². The number of rotatable bonds is 3. The Morgan fingerprint density at radius 2 is 2.06 bits per heavy atom. The summed E-state index contributed by atoms with van der Waals surface area (Å²) < 4.78 is 14.3. The average Bonchev–Trinajstić information content (AvgIpc) is 2.34. The molecule has 0 aliphatic heterocycles. The van der Waals surface area contributed by atoms with Crippen LogP contribution in [0.15, 0.2) is 22.7 Å². The standard InChI is InChI=1S/C10H6BrCl2FN4/c11-6-1-2-7(14)5(3-6)4-15-9-8(12)17-18-10(13)16-9/h1-3H,4H2,(H,15,16,18). The molecule has 0 aliphatic rings. The molecule has 1 N–H and O–H groups in total. The Labute approximate surface area is 121 Å². The summed E-state index contributed by atoms with van der Waals surface area (Å²) >= 11 is 14.6. The summed E-state index contributed by atoms with van der Waals surface area (Å²) in [5.74, 6) is -0.0639. The van der Waals surface area contributed by atoms with Gasteiger partial charge in [-0.2, -0.15) is 4.98 Å². The van der Waals surface area contributed by atoms with Gasteiger partial charge in [0.2, 0.25) is 5.28 Å². The Balaban J connectivity index is 2.16. The monoisotopic (exact) mass is 350 g/mol. The van der Waals surface area contributed by atoms with Crippen LogP contribution in [0.4, 0.5) is 10.2 Å². The van der Waals surface area contributed by atoms with Crippen LogP contribution in [0, 0.1) is 5.82 Å². The van der Waals surface area contributed by atoms with E-state index in [9.17, 15) is 4.39 Å². The fourth-order valence-electron chi connectivity index (χ4n) is 1.26. The third kappa shape index (κ3) is 3.28. The first-order valence-electron chi connectivity index (χ1n) is 4.80. The largest absolute Gasteiger partial charge is 0.363 e.